The minimum absolute atomic E-state index is 0.0224. The van der Waals surface area contributed by atoms with Gasteiger partial charge in [-0.2, -0.15) is 0 Å². The van der Waals surface area contributed by atoms with E-state index in [-0.39, 0.29) is 24.7 Å². The molecule has 1 aromatic rings. The van der Waals surface area contributed by atoms with E-state index in [9.17, 15) is 9.59 Å². The Morgan fingerprint density at radius 2 is 1.83 bits per heavy atom. The Labute approximate surface area is 142 Å². The van der Waals surface area contributed by atoms with Gasteiger partial charge in [-0.25, -0.2) is 0 Å². The topological polar surface area (TPSA) is 49.9 Å². The summed E-state index contributed by atoms with van der Waals surface area (Å²) in [6.07, 6.45) is 1.32. The molecule has 1 fully saturated rings. The molecule has 0 saturated carbocycles. The van der Waals surface area contributed by atoms with E-state index in [1.165, 1.54) is 0 Å². The predicted octanol–water partition coefficient (Wildman–Crippen LogP) is 2.72. The van der Waals surface area contributed by atoms with Gasteiger partial charge >= 0.3 is 0 Å². The van der Waals surface area contributed by atoms with E-state index in [1.807, 2.05) is 19.1 Å². The van der Waals surface area contributed by atoms with Crippen LogP contribution in [-0.2, 0) is 14.3 Å². The molecule has 0 unspecified atom stereocenters. The van der Waals surface area contributed by atoms with Gasteiger partial charge < -0.3 is 14.5 Å². The number of ether oxygens (including phenoxy) is 1. The van der Waals surface area contributed by atoms with Crippen molar-refractivity contribution in [2.24, 2.45) is 0 Å². The van der Waals surface area contributed by atoms with Crippen LogP contribution in [0.2, 0.25) is 5.02 Å². The molecule has 1 saturated heterocycles. The summed E-state index contributed by atoms with van der Waals surface area (Å²) in [5.74, 6) is -0.00927. The second-order valence-corrected chi connectivity index (χ2v) is 5.95. The molecule has 1 aromatic carbocycles. The first-order valence-corrected chi connectivity index (χ1v) is 8.41. The lowest BCUT2D eigenvalue weighted by atomic mass is 10.2. The number of amides is 2. The molecule has 2 rings (SSSR count). The summed E-state index contributed by atoms with van der Waals surface area (Å²) in [5, 5.41) is 0.639. The molecule has 0 spiro atoms. The summed E-state index contributed by atoms with van der Waals surface area (Å²) in [6, 6.07) is 7.21. The molecule has 5 nitrogen and oxygen atoms in total. The summed E-state index contributed by atoms with van der Waals surface area (Å²) in [5.41, 5.74) is 0.820. The van der Waals surface area contributed by atoms with Gasteiger partial charge in [0.2, 0.25) is 11.8 Å². The third-order valence-corrected chi connectivity index (χ3v) is 4.06. The standard InChI is InChI=1S/C17H23ClN2O3/c1-2-9-20(15-5-3-14(18)4-6-15)17(22)8-7-16(21)19-10-12-23-13-11-19/h3-6H,2,7-13H2,1H3. The molecule has 6 heteroatoms. The summed E-state index contributed by atoms with van der Waals surface area (Å²) in [6.45, 7) is 5.03. The fourth-order valence-corrected chi connectivity index (χ4v) is 2.69. The predicted molar refractivity (Wildman–Crippen MR) is 90.7 cm³/mol. The fourth-order valence-electron chi connectivity index (χ4n) is 2.56. The Balaban J connectivity index is 1.92. The van der Waals surface area contributed by atoms with Crippen LogP contribution < -0.4 is 4.90 Å². The van der Waals surface area contributed by atoms with Crippen LogP contribution in [-0.4, -0.2) is 49.6 Å². The van der Waals surface area contributed by atoms with Crippen LogP contribution in [0, 0.1) is 0 Å². The van der Waals surface area contributed by atoms with Gasteiger partial charge in [-0.3, -0.25) is 9.59 Å². The lowest BCUT2D eigenvalue weighted by Gasteiger charge is -2.27. The minimum Gasteiger partial charge on any atom is -0.378 e. The van der Waals surface area contributed by atoms with Gasteiger partial charge in [-0.05, 0) is 30.7 Å². The largest absolute Gasteiger partial charge is 0.378 e. The van der Waals surface area contributed by atoms with Gasteiger partial charge in [0, 0.05) is 43.2 Å². The van der Waals surface area contributed by atoms with Crippen molar-refractivity contribution in [2.75, 3.05) is 37.7 Å². The molecule has 1 aliphatic rings. The average Bonchev–Trinajstić information content (AvgIpc) is 2.59. The van der Waals surface area contributed by atoms with E-state index in [0.717, 1.165) is 12.1 Å². The van der Waals surface area contributed by atoms with E-state index in [4.69, 9.17) is 16.3 Å². The Bertz CT molecular complexity index is 527. The fraction of sp³-hybridized carbons (Fsp3) is 0.529. The quantitative estimate of drug-likeness (QED) is 0.801. The number of hydrogen-bond donors (Lipinski definition) is 0. The van der Waals surface area contributed by atoms with Gasteiger partial charge in [0.25, 0.3) is 0 Å². The SMILES string of the molecule is CCCN(C(=O)CCC(=O)N1CCOCC1)c1ccc(Cl)cc1. The molecule has 1 aliphatic heterocycles. The zero-order valence-corrected chi connectivity index (χ0v) is 14.2. The summed E-state index contributed by atoms with van der Waals surface area (Å²) < 4.78 is 5.23. The number of halogens is 1. The Hall–Kier alpha value is -1.59. The minimum atomic E-state index is -0.0317. The van der Waals surface area contributed by atoms with Crippen molar-refractivity contribution < 1.29 is 14.3 Å². The summed E-state index contributed by atoms with van der Waals surface area (Å²) in [4.78, 5) is 28.1. The first kappa shape index (κ1) is 17.8. The first-order chi connectivity index (χ1) is 11.1. The normalized spacial score (nSPS) is 14.6. The van der Waals surface area contributed by atoms with Gasteiger partial charge in [-0.15, -0.1) is 0 Å². The number of nitrogens with zero attached hydrogens (tertiary/aromatic N) is 2. The number of benzene rings is 1. The molecule has 0 aromatic heterocycles. The molecule has 23 heavy (non-hydrogen) atoms. The molecule has 1 heterocycles. The summed E-state index contributed by atoms with van der Waals surface area (Å²) in [7, 11) is 0. The number of rotatable bonds is 6. The monoisotopic (exact) mass is 338 g/mol. The van der Waals surface area contributed by atoms with Crippen molar-refractivity contribution >= 4 is 29.1 Å². The molecule has 2 amide bonds. The molecular weight excluding hydrogens is 316 g/mol. The second-order valence-electron chi connectivity index (χ2n) is 5.51. The third-order valence-electron chi connectivity index (χ3n) is 3.80. The third kappa shape index (κ3) is 5.22. The number of hydrogen-bond acceptors (Lipinski definition) is 3. The van der Waals surface area contributed by atoms with Crippen LogP contribution >= 0.6 is 11.6 Å². The highest BCUT2D eigenvalue weighted by atomic mass is 35.5. The van der Waals surface area contributed by atoms with Gasteiger partial charge in [-0.1, -0.05) is 18.5 Å². The lowest BCUT2D eigenvalue weighted by Crippen LogP contribution is -2.41. The molecular formula is C17H23ClN2O3. The molecule has 0 aliphatic carbocycles. The van der Waals surface area contributed by atoms with E-state index < -0.39 is 0 Å². The molecule has 0 bridgehead atoms. The van der Waals surface area contributed by atoms with Crippen LogP contribution in [0.3, 0.4) is 0 Å². The maximum atomic E-state index is 12.5. The Morgan fingerprint density at radius 1 is 1.17 bits per heavy atom. The van der Waals surface area contributed by atoms with Crippen molar-refractivity contribution in [2.45, 2.75) is 26.2 Å². The van der Waals surface area contributed by atoms with Crippen LogP contribution in [0.1, 0.15) is 26.2 Å². The molecule has 126 valence electrons. The lowest BCUT2D eigenvalue weighted by molar-refractivity contribution is -0.136. The molecule has 0 radical (unpaired) electrons. The average molecular weight is 339 g/mol. The van der Waals surface area contributed by atoms with Gasteiger partial charge in [0.1, 0.15) is 0 Å². The van der Waals surface area contributed by atoms with E-state index >= 15 is 0 Å². The summed E-state index contributed by atoms with van der Waals surface area (Å²) >= 11 is 5.90. The Kier molecular flexibility index (Phi) is 6.86. The van der Waals surface area contributed by atoms with Gasteiger partial charge in [0.05, 0.1) is 13.2 Å². The highest BCUT2D eigenvalue weighted by Crippen LogP contribution is 2.19. The Morgan fingerprint density at radius 3 is 2.43 bits per heavy atom. The second kappa shape index (κ2) is 8.89. The maximum absolute atomic E-state index is 12.5. The zero-order valence-electron chi connectivity index (χ0n) is 13.5. The van der Waals surface area contributed by atoms with Gasteiger partial charge in [0.15, 0.2) is 0 Å². The van der Waals surface area contributed by atoms with Crippen LogP contribution in [0.15, 0.2) is 24.3 Å². The zero-order chi connectivity index (χ0) is 16.7. The molecule has 0 atom stereocenters. The van der Waals surface area contributed by atoms with Crippen molar-refractivity contribution in [3.63, 3.8) is 0 Å². The number of carbonyl (C=O) groups excluding carboxylic acids is 2. The van der Waals surface area contributed by atoms with E-state index in [1.54, 1.807) is 21.9 Å². The van der Waals surface area contributed by atoms with E-state index in [0.29, 0.717) is 37.9 Å². The number of carbonyl (C=O) groups is 2. The first-order valence-electron chi connectivity index (χ1n) is 8.03. The van der Waals surface area contributed by atoms with Crippen molar-refractivity contribution in [1.82, 2.24) is 4.90 Å². The smallest absolute Gasteiger partial charge is 0.227 e. The van der Waals surface area contributed by atoms with Crippen molar-refractivity contribution in [1.29, 1.82) is 0 Å². The number of anilines is 1. The van der Waals surface area contributed by atoms with Crippen LogP contribution in [0.4, 0.5) is 5.69 Å². The van der Waals surface area contributed by atoms with Crippen molar-refractivity contribution in [3.05, 3.63) is 29.3 Å². The number of morpholine rings is 1. The maximum Gasteiger partial charge on any atom is 0.227 e. The highest BCUT2D eigenvalue weighted by Gasteiger charge is 2.20. The highest BCUT2D eigenvalue weighted by molar-refractivity contribution is 6.30. The van der Waals surface area contributed by atoms with Crippen molar-refractivity contribution in [3.8, 4) is 0 Å². The van der Waals surface area contributed by atoms with E-state index in [2.05, 4.69) is 0 Å². The molecule has 0 N–H and O–H groups in total. The van der Waals surface area contributed by atoms with Crippen LogP contribution in [0.5, 0.6) is 0 Å². The van der Waals surface area contributed by atoms with Crippen LogP contribution in [0.25, 0.3) is 0 Å².